The van der Waals surface area contributed by atoms with Crippen LogP contribution in [0.15, 0.2) is 34.8 Å². The summed E-state index contributed by atoms with van der Waals surface area (Å²) in [5.74, 6) is -0.145. The van der Waals surface area contributed by atoms with Crippen LogP contribution >= 0.6 is 15.9 Å². The molecule has 1 unspecified atom stereocenters. The Bertz CT molecular complexity index is 387. The van der Waals surface area contributed by atoms with Crippen molar-refractivity contribution in [2.24, 2.45) is 0 Å². The zero-order valence-electron chi connectivity index (χ0n) is 9.69. The van der Waals surface area contributed by atoms with E-state index in [0.29, 0.717) is 6.42 Å². The molecule has 0 aliphatic rings. The molecule has 3 nitrogen and oxygen atoms in total. The molecule has 1 amide bonds. The van der Waals surface area contributed by atoms with Gasteiger partial charge in [-0.1, -0.05) is 28.1 Å². The number of nitrogens with one attached hydrogen (secondary N) is 1. The van der Waals surface area contributed by atoms with Crippen LogP contribution in [0.25, 0.3) is 6.08 Å². The second-order valence-electron chi connectivity index (χ2n) is 3.81. The van der Waals surface area contributed by atoms with Crippen molar-refractivity contribution in [3.05, 3.63) is 40.4 Å². The van der Waals surface area contributed by atoms with Crippen molar-refractivity contribution in [1.82, 2.24) is 5.32 Å². The lowest BCUT2D eigenvalue weighted by Crippen LogP contribution is -2.31. The van der Waals surface area contributed by atoms with Crippen molar-refractivity contribution in [2.75, 3.05) is 6.61 Å². The number of rotatable bonds is 5. The van der Waals surface area contributed by atoms with Gasteiger partial charge in [-0.2, -0.15) is 0 Å². The van der Waals surface area contributed by atoms with Crippen LogP contribution < -0.4 is 5.32 Å². The van der Waals surface area contributed by atoms with E-state index in [9.17, 15) is 4.79 Å². The maximum absolute atomic E-state index is 11.5. The maximum atomic E-state index is 11.5. The van der Waals surface area contributed by atoms with Gasteiger partial charge in [0, 0.05) is 23.2 Å². The summed E-state index contributed by atoms with van der Waals surface area (Å²) in [7, 11) is 0. The Morgan fingerprint density at radius 2 is 2.12 bits per heavy atom. The smallest absolute Gasteiger partial charge is 0.244 e. The molecule has 0 aliphatic carbocycles. The predicted molar refractivity (Wildman–Crippen MR) is 72.5 cm³/mol. The van der Waals surface area contributed by atoms with E-state index in [2.05, 4.69) is 21.2 Å². The lowest BCUT2D eigenvalue weighted by Gasteiger charge is -2.09. The Balaban J connectivity index is 2.47. The molecule has 0 bridgehead atoms. The van der Waals surface area contributed by atoms with Crippen molar-refractivity contribution in [2.45, 2.75) is 19.4 Å². The zero-order chi connectivity index (χ0) is 12.7. The molecule has 92 valence electrons. The Labute approximate surface area is 110 Å². The summed E-state index contributed by atoms with van der Waals surface area (Å²) in [6.07, 6.45) is 3.82. The molecular weight excluding hydrogens is 282 g/mol. The SMILES string of the molecule is CC(CCO)NC(=O)/C=C/c1ccc(Br)cc1. The third kappa shape index (κ3) is 5.65. The summed E-state index contributed by atoms with van der Waals surface area (Å²) in [6, 6.07) is 7.68. The molecular formula is C13H16BrNO2. The van der Waals surface area contributed by atoms with Gasteiger partial charge in [-0.15, -0.1) is 0 Å². The maximum Gasteiger partial charge on any atom is 0.244 e. The summed E-state index contributed by atoms with van der Waals surface area (Å²) in [5, 5.41) is 11.5. The van der Waals surface area contributed by atoms with Crippen molar-refractivity contribution in [3.63, 3.8) is 0 Å². The van der Waals surface area contributed by atoms with E-state index in [1.54, 1.807) is 6.08 Å². The van der Waals surface area contributed by atoms with Crippen LogP contribution in [0.3, 0.4) is 0 Å². The van der Waals surface area contributed by atoms with Gasteiger partial charge in [-0.05, 0) is 37.1 Å². The largest absolute Gasteiger partial charge is 0.396 e. The molecule has 1 rings (SSSR count). The first-order valence-electron chi connectivity index (χ1n) is 5.47. The minimum atomic E-state index is -0.145. The van der Waals surface area contributed by atoms with Gasteiger partial charge in [-0.25, -0.2) is 0 Å². The molecule has 0 aliphatic heterocycles. The van der Waals surface area contributed by atoms with Gasteiger partial charge in [0.2, 0.25) is 5.91 Å². The topological polar surface area (TPSA) is 49.3 Å². The van der Waals surface area contributed by atoms with Gasteiger partial charge in [-0.3, -0.25) is 4.79 Å². The molecule has 4 heteroatoms. The molecule has 1 atom stereocenters. The Morgan fingerprint density at radius 1 is 1.47 bits per heavy atom. The third-order valence-electron chi connectivity index (χ3n) is 2.25. The number of halogens is 1. The van der Waals surface area contributed by atoms with E-state index in [0.717, 1.165) is 10.0 Å². The molecule has 0 heterocycles. The van der Waals surface area contributed by atoms with E-state index >= 15 is 0 Å². The summed E-state index contributed by atoms with van der Waals surface area (Å²) in [4.78, 5) is 11.5. The van der Waals surface area contributed by atoms with E-state index in [4.69, 9.17) is 5.11 Å². The molecule has 17 heavy (non-hydrogen) atoms. The molecule has 2 N–H and O–H groups in total. The van der Waals surface area contributed by atoms with Crippen LogP contribution in [0, 0.1) is 0 Å². The Kier molecular flexibility index (Phi) is 5.94. The van der Waals surface area contributed by atoms with E-state index < -0.39 is 0 Å². The molecule has 0 saturated carbocycles. The van der Waals surface area contributed by atoms with Crippen LogP contribution in [0.2, 0.25) is 0 Å². The summed E-state index contributed by atoms with van der Waals surface area (Å²) in [5.41, 5.74) is 0.971. The minimum Gasteiger partial charge on any atom is -0.396 e. The number of hydrogen-bond acceptors (Lipinski definition) is 2. The first-order chi connectivity index (χ1) is 8.11. The summed E-state index contributed by atoms with van der Waals surface area (Å²) in [6.45, 7) is 1.94. The predicted octanol–water partition coefficient (Wildman–Crippen LogP) is 2.35. The number of aliphatic hydroxyl groups excluding tert-OH is 1. The second kappa shape index (κ2) is 7.25. The van der Waals surface area contributed by atoms with E-state index in [1.807, 2.05) is 31.2 Å². The fourth-order valence-corrected chi connectivity index (χ4v) is 1.57. The summed E-state index contributed by atoms with van der Waals surface area (Å²) >= 11 is 3.35. The van der Waals surface area contributed by atoms with Gasteiger partial charge in [0.1, 0.15) is 0 Å². The van der Waals surface area contributed by atoms with Gasteiger partial charge in [0.05, 0.1) is 0 Å². The van der Waals surface area contributed by atoms with Crippen LogP contribution in [0.5, 0.6) is 0 Å². The number of amides is 1. The third-order valence-corrected chi connectivity index (χ3v) is 2.78. The highest BCUT2D eigenvalue weighted by Gasteiger charge is 2.02. The Morgan fingerprint density at radius 3 is 2.71 bits per heavy atom. The normalized spacial score (nSPS) is 12.6. The Hall–Kier alpha value is -1.13. The number of carbonyl (C=O) groups excluding carboxylic acids is 1. The fourth-order valence-electron chi connectivity index (χ4n) is 1.30. The number of aliphatic hydroxyl groups is 1. The van der Waals surface area contributed by atoms with Crippen molar-refractivity contribution in [3.8, 4) is 0 Å². The quantitative estimate of drug-likeness (QED) is 0.820. The van der Waals surface area contributed by atoms with Gasteiger partial charge >= 0.3 is 0 Å². The fraction of sp³-hybridized carbons (Fsp3) is 0.308. The van der Waals surface area contributed by atoms with Crippen LogP contribution in [-0.2, 0) is 4.79 Å². The van der Waals surface area contributed by atoms with Crippen LogP contribution in [0.1, 0.15) is 18.9 Å². The lowest BCUT2D eigenvalue weighted by atomic mass is 10.2. The van der Waals surface area contributed by atoms with Gasteiger partial charge in [0.25, 0.3) is 0 Å². The molecule has 0 fully saturated rings. The average Bonchev–Trinajstić information content (AvgIpc) is 2.28. The highest BCUT2D eigenvalue weighted by atomic mass is 79.9. The molecule has 0 aromatic heterocycles. The standard InChI is InChI=1S/C13H16BrNO2/c1-10(8-9-16)15-13(17)7-4-11-2-5-12(14)6-3-11/h2-7,10,16H,8-9H2,1H3,(H,15,17)/b7-4+. The van der Waals surface area contributed by atoms with Crippen LogP contribution in [0.4, 0.5) is 0 Å². The van der Waals surface area contributed by atoms with E-state index in [-0.39, 0.29) is 18.6 Å². The first-order valence-corrected chi connectivity index (χ1v) is 6.26. The molecule has 1 aromatic carbocycles. The van der Waals surface area contributed by atoms with Gasteiger partial charge < -0.3 is 10.4 Å². The molecule has 1 aromatic rings. The molecule has 0 saturated heterocycles. The van der Waals surface area contributed by atoms with Gasteiger partial charge in [0.15, 0.2) is 0 Å². The number of hydrogen-bond donors (Lipinski definition) is 2. The highest BCUT2D eigenvalue weighted by molar-refractivity contribution is 9.10. The number of carbonyl (C=O) groups is 1. The van der Waals surface area contributed by atoms with Crippen molar-refractivity contribution < 1.29 is 9.90 Å². The summed E-state index contributed by atoms with van der Waals surface area (Å²) < 4.78 is 1.01. The van der Waals surface area contributed by atoms with Crippen LogP contribution in [-0.4, -0.2) is 23.7 Å². The first kappa shape index (κ1) is 13.9. The number of benzene rings is 1. The lowest BCUT2D eigenvalue weighted by molar-refractivity contribution is -0.117. The average molecular weight is 298 g/mol. The van der Waals surface area contributed by atoms with Crippen molar-refractivity contribution in [1.29, 1.82) is 0 Å². The second-order valence-corrected chi connectivity index (χ2v) is 4.72. The highest BCUT2D eigenvalue weighted by Crippen LogP contribution is 2.11. The zero-order valence-corrected chi connectivity index (χ0v) is 11.3. The van der Waals surface area contributed by atoms with Crippen molar-refractivity contribution >= 4 is 27.9 Å². The molecule has 0 spiro atoms. The molecule has 0 radical (unpaired) electrons. The minimum absolute atomic E-state index is 0.0120. The van der Waals surface area contributed by atoms with E-state index in [1.165, 1.54) is 6.08 Å². The monoisotopic (exact) mass is 297 g/mol.